The highest BCUT2D eigenvalue weighted by Gasteiger charge is 2.26. The van der Waals surface area contributed by atoms with Gasteiger partial charge in [-0.05, 0) is 25.3 Å². The summed E-state index contributed by atoms with van der Waals surface area (Å²) < 4.78 is 5.84. The molecule has 0 radical (unpaired) electrons. The Bertz CT molecular complexity index is 757. The predicted octanol–water partition coefficient (Wildman–Crippen LogP) is 0.456. The summed E-state index contributed by atoms with van der Waals surface area (Å²) in [4.78, 5) is 24.5. The number of nitrogens with zero attached hydrogens (tertiary/aromatic N) is 2. The summed E-state index contributed by atoms with van der Waals surface area (Å²) in [6, 6.07) is 5.32. The smallest absolute Gasteiger partial charge is 0.344 e. The molecule has 0 saturated heterocycles. The molecule has 0 amide bonds. The van der Waals surface area contributed by atoms with E-state index in [0.29, 0.717) is 0 Å². The number of nitrogen functional groups attached to an aromatic ring is 1. The molecule has 0 fully saturated rings. The van der Waals surface area contributed by atoms with E-state index in [1.54, 1.807) is 13.2 Å². The van der Waals surface area contributed by atoms with Crippen LogP contribution in [0.2, 0.25) is 0 Å². The summed E-state index contributed by atoms with van der Waals surface area (Å²) >= 11 is 1.16. The van der Waals surface area contributed by atoms with Gasteiger partial charge in [-0.15, -0.1) is 11.8 Å². The minimum absolute atomic E-state index is 0.0415. The average molecular weight is 352 g/mol. The topological polar surface area (TPSA) is 135 Å². The summed E-state index contributed by atoms with van der Waals surface area (Å²) in [5.74, 6) is -1.35. The van der Waals surface area contributed by atoms with Crippen molar-refractivity contribution in [1.82, 2.24) is 9.78 Å². The zero-order valence-electron chi connectivity index (χ0n) is 13.0. The van der Waals surface area contributed by atoms with Gasteiger partial charge in [0, 0.05) is 17.7 Å². The van der Waals surface area contributed by atoms with Gasteiger partial charge in [0.2, 0.25) is 0 Å². The van der Waals surface area contributed by atoms with Crippen molar-refractivity contribution < 1.29 is 24.8 Å². The number of carbonyl (C=O) groups excluding carboxylic acids is 2. The Labute approximate surface area is 141 Å². The summed E-state index contributed by atoms with van der Waals surface area (Å²) in [5, 5.41) is 23.0. The van der Waals surface area contributed by atoms with E-state index < -0.39 is 17.1 Å². The third-order valence-electron chi connectivity index (χ3n) is 3.13. The number of nitrogens with one attached hydrogen (secondary N) is 1. The maximum Gasteiger partial charge on any atom is 0.344 e. The lowest BCUT2D eigenvalue weighted by Crippen LogP contribution is -2.99. The fraction of sp³-hybridized carbons (Fsp3) is 0.214. The first-order chi connectivity index (χ1) is 11.4. The van der Waals surface area contributed by atoms with Crippen LogP contribution in [-0.2, 0) is 4.74 Å². The molecule has 2 rings (SSSR count). The molecule has 1 aromatic carbocycles. The van der Waals surface area contributed by atoms with Gasteiger partial charge in [0.1, 0.15) is 16.4 Å². The maximum atomic E-state index is 12.5. The van der Waals surface area contributed by atoms with E-state index in [1.807, 2.05) is 0 Å². The van der Waals surface area contributed by atoms with E-state index in [0.717, 1.165) is 16.4 Å². The first-order valence-corrected chi connectivity index (χ1v) is 8.10. The fourth-order valence-electron chi connectivity index (χ4n) is 1.98. The lowest BCUT2D eigenvalue weighted by Gasteiger charge is -2.11. The second-order valence-corrected chi connectivity index (χ2v) is 5.38. The minimum Gasteiger partial charge on any atom is -0.595 e. The number of anilines is 1. The summed E-state index contributed by atoms with van der Waals surface area (Å²) in [6.07, 6.45) is 1.70. The molecule has 1 unspecified atom stereocenters. The van der Waals surface area contributed by atoms with Gasteiger partial charge < -0.3 is 15.7 Å². The molecule has 1 heterocycles. The molecule has 0 aliphatic heterocycles. The second-order valence-electron chi connectivity index (χ2n) is 4.59. The molecule has 10 heteroatoms. The summed E-state index contributed by atoms with van der Waals surface area (Å²) in [6.45, 7) is 1.83. The zero-order chi connectivity index (χ0) is 17.9. The van der Waals surface area contributed by atoms with Crippen molar-refractivity contribution in [1.29, 1.82) is 0 Å². The lowest BCUT2D eigenvalue weighted by molar-refractivity contribution is -0.991. The summed E-state index contributed by atoms with van der Waals surface area (Å²) in [7, 11) is 0. The number of quaternary nitrogens is 1. The van der Waals surface area contributed by atoms with Crippen LogP contribution in [0.4, 0.5) is 11.5 Å². The van der Waals surface area contributed by atoms with Crippen LogP contribution in [0.1, 0.15) is 27.6 Å². The van der Waals surface area contributed by atoms with Crippen LogP contribution in [0.25, 0.3) is 0 Å². The number of aromatic nitrogens is 2. The Morgan fingerprint density at radius 2 is 2.04 bits per heavy atom. The van der Waals surface area contributed by atoms with Gasteiger partial charge in [0.05, 0.1) is 6.61 Å². The number of esters is 1. The fourth-order valence-corrected chi connectivity index (χ4v) is 2.54. The lowest BCUT2D eigenvalue weighted by atomic mass is 10.2. The molecule has 9 nitrogen and oxygen atoms in total. The largest absolute Gasteiger partial charge is 0.595 e. The number of thioether (sulfide) groups is 1. The number of nitrogens with two attached hydrogens (primary N) is 1. The van der Waals surface area contributed by atoms with Gasteiger partial charge in [-0.2, -0.15) is 15.0 Å². The van der Waals surface area contributed by atoms with Crippen LogP contribution in [0, 0.1) is 5.21 Å². The van der Waals surface area contributed by atoms with Crippen molar-refractivity contribution in [2.75, 3.05) is 18.6 Å². The number of carbonyl (C=O) groups is 2. The number of benzene rings is 1. The Balaban J connectivity index is 2.41. The predicted molar refractivity (Wildman–Crippen MR) is 86.3 cm³/mol. The van der Waals surface area contributed by atoms with Crippen molar-refractivity contribution >= 4 is 35.1 Å². The van der Waals surface area contributed by atoms with Crippen LogP contribution in [0.15, 0.2) is 29.3 Å². The van der Waals surface area contributed by atoms with Crippen molar-refractivity contribution in [3.8, 4) is 0 Å². The van der Waals surface area contributed by atoms with Crippen molar-refractivity contribution in [3.63, 3.8) is 0 Å². The normalized spacial score (nSPS) is 12.0. The van der Waals surface area contributed by atoms with Gasteiger partial charge in [-0.3, -0.25) is 4.79 Å². The Morgan fingerprint density at radius 3 is 2.54 bits per heavy atom. The Morgan fingerprint density at radius 1 is 1.42 bits per heavy atom. The highest BCUT2D eigenvalue weighted by atomic mass is 32.2. The van der Waals surface area contributed by atoms with E-state index in [9.17, 15) is 14.8 Å². The van der Waals surface area contributed by atoms with Gasteiger partial charge in [-0.1, -0.05) is 0 Å². The van der Waals surface area contributed by atoms with Crippen molar-refractivity contribution in [2.24, 2.45) is 0 Å². The first-order valence-electron chi connectivity index (χ1n) is 6.88. The van der Waals surface area contributed by atoms with Gasteiger partial charge in [-0.25, -0.2) is 10.0 Å². The Kier molecular flexibility index (Phi) is 5.57. The van der Waals surface area contributed by atoms with Crippen LogP contribution in [-0.4, -0.2) is 39.7 Å². The molecular formula is C14H16N4O5S. The first kappa shape index (κ1) is 17.9. The maximum absolute atomic E-state index is 12.5. The second kappa shape index (κ2) is 7.45. The van der Waals surface area contributed by atoms with Crippen LogP contribution >= 0.6 is 11.8 Å². The molecule has 2 aromatic rings. The van der Waals surface area contributed by atoms with E-state index in [-0.39, 0.29) is 34.3 Å². The third-order valence-corrected chi connectivity index (χ3v) is 3.81. The molecule has 24 heavy (non-hydrogen) atoms. The standard InChI is InChI=1S/C14H16N4O5S/c1-3-23-14(20)10-11(15)17(16-12(10)24-2)13(19)8-4-6-9(7-5-8)18(21)22/h4-7,18,21H,3,15H2,1-2H3. The monoisotopic (exact) mass is 352 g/mol. The number of rotatable bonds is 5. The van der Waals surface area contributed by atoms with Crippen LogP contribution in [0.5, 0.6) is 0 Å². The third kappa shape index (κ3) is 3.41. The number of hydrogen-bond acceptors (Lipinski definition) is 8. The molecule has 0 aliphatic rings. The number of ether oxygens (including phenoxy) is 1. The minimum atomic E-state index is -1.10. The molecule has 128 valence electrons. The molecule has 4 N–H and O–H groups in total. The quantitative estimate of drug-likeness (QED) is 0.401. The molecule has 0 bridgehead atoms. The van der Waals surface area contributed by atoms with E-state index in [1.165, 1.54) is 24.3 Å². The molecule has 0 saturated carbocycles. The van der Waals surface area contributed by atoms with Gasteiger partial charge >= 0.3 is 5.97 Å². The average Bonchev–Trinajstić information content (AvgIpc) is 2.91. The van der Waals surface area contributed by atoms with Crippen LogP contribution < -0.4 is 11.0 Å². The molecule has 1 aromatic heterocycles. The van der Waals surface area contributed by atoms with Crippen molar-refractivity contribution in [3.05, 3.63) is 40.6 Å². The Hall–Kier alpha value is -2.40. The highest BCUT2D eigenvalue weighted by Crippen LogP contribution is 2.26. The van der Waals surface area contributed by atoms with Crippen LogP contribution in [0.3, 0.4) is 0 Å². The molecule has 0 aliphatic carbocycles. The van der Waals surface area contributed by atoms with E-state index in [4.69, 9.17) is 15.7 Å². The van der Waals surface area contributed by atoms with E-state index >= 15 is 0 Å². The van der Waals surface area contributed by atoms with E-state index in [2.05, 4.69) is 5.10 Å². The SMILES string of the molecule is CCOC(=O)c1c(SC)nn(C(=O)c2ccc([NH+]([O-])O)cc2)c1N. The highest BCUT2D eigenvalue weighted by molar-refractivity contribution is 7.98. The van der Waals surface area contributed by atoms with Gasteiger partial charge in [0.25, 0.3) is 5.91 Å². The summed E-state index contributed by atoms with van der Waals surface area (Å²) in [5.41, 5.74) is 6.18. The van der Waals surface area contributed by atoms with Crippen molar-refractivity contribution in [2.45, 2.75) is 11.9 Å². The number of hydrogen-bond donors (Lipinski definition) is 3. The molecule has 1 atom stereocenters. The molecule has 0 spiro atoms. The van der Waals surface area contributed by atoms with Gasteiger partial charge in [0.15, 0.2) is 5.69 Å². The zero-order valence-corrected chi connectivity index (χ0v) is 13.8. The molecular weight excluding hydrogens is 336 g/mol.